The molecular formula is C22H28N2O6. The Bertz CT molecular complexity index is 855. The van der Waals surface area contributed by atoms with Crippen LogP contribution in [-0.2, 0) is 23.9 Å². The molecule has 30 heavy (non-hydrogen) atoms. The number of oxime groups is 1. The molecule has 0 radical (unpaired) electrons. The zero-order chi connectivity index (χ0) is 22.1. The third-order valence-electron chi connectivity index (χ3n) is 4.65. The van der Waals surface area contributed by atoms with Crippen molar-refractivity contribution < 1.29 is 28.6 Å². The van der Waals surface area contributed by atoms with Crippen LogP contribution in [0.3, 0.4) is 0 Å². The van der Waals surface area contributed by atoms with Gasteiger partial charge in [-0.3, -0.25) is 0 Å². The molecule has 1 unspecified atom stereocenters. The molecule has 1 heterocycles. The maximum absolute atomic E-state index is 12.6. The van der Waals surface area contributed by atoms with Gasteiger partial charge in [0.15, 0.2) is 0 Å². The first-order valence-corrected chi connectivity index (χ1v) is 9.62. The van der Waals surface area contributed by atoms with Crippen LogP contribution < -0.4 is 10.1 Å². The molecule has 1 atom stereocenters. The highest BCUT2D eigenvalue weighted by molar-refractivity contribution is 5.97. The lowest BCUT2D eigenvalue weighted by molar-refractivity contribution is -0.140. The van der Waals surface area contributed by atoms with Crippen molar-refractivity contribution in [3.63, 3.8) is 0 Å². The molecule has 2 rings (SSSR count). The average molecular weight is 416 g/mol. The lowest BCUT2D eigenvalue weighted by atomic mass is 9.87. The number of ether oxygens (including phenoxy) is 3. The second-order valence-corrected chi connectivity index (χ2v) is 6.74. The Hall–Kier alpha value is -3.29. The molecular weight excluding hydrogens is 388 g/mol. The molecule has 8 heteroatoms. The van der Waals surface area contributed by atoms with Gasteiger partial charge in [0.05, 0.1) is 37.7 Å². The number of benzene rings is 1. The summed E-state index contributed by atoms with van der Waals surface area (Å²) in [5.41, 5.74) is 3.10. The number of allylic oxidation sites excluding steroid dienone is 2. The van der Waals surface area contributed by atoms with E-state index in [0.717, 1.165) is 5.56 Å². The minimum Gasteiger partial charge on any atom is -0.493 e. The number of rotatable bonds is 9. The van der Waals surface area contributed by atoms with Crippen molar-refractivity contribution in [3.8, 4) is 5.75 Å². The van der Waals surface area contributed by atoms with Crippen molar-refractivity contribution in [3.05, 3.63) is 52.4 Å². The number of methoxy groups -OCH3 is 1. The summed E-state index contributed by atoms with van der Waals surface area (Å²) >= 11 is 0. The lowest BCUT2D eigenvalue weighted by Crippen LogP contribution is -2.32. The van der Waals surface area contributed by atoms with Crippen LogP contribution in [0.25, 0.3) is 0 Å². The van der Waals surface area contributed by atoms with Gasteiger partial charge in [-0.1, -0.05) is 12.1 Å². The topological polar surface area (TPSA) is 95.5 Å². The highest BCUT2D eigenvalue weighted by atomic mass is 16.6. The predicted molar refractivity (Wildman–Crippen MR) is 112 cm³/mol. The maximum atomic E-state index is 12.6. The Morgan fingerprint density at radius 3 is 2.27 bits per heavy atom. The third kappa shape index (κ3) is 5.85. The fourth-order valence-corrected chi connectivity index (χ4v) is 3.23. The van der Waals surface area contributed by atoms with E-state index in [0.29, 0.717) is 41.3 Å². The van der Waals surface area contributed by atoms with Crippen LogP contribution in [0, 0.1) is 5.92 Å². The van der Waals surface area contributed by atoms with Crippen LogP contribution in [0.4, 0.5) is 0 Å². The number of nitrogens with zero attached hydrogens (tertiary/aromatic N) is 1. The van der Waals surface area contributed by atoms with Gasteiger partial charge in [-0.05, 0) is 43.7 Å². The van der Waals surface area contributed by atoms with Gasteiger partial charge >= 0.3 is 11.9 Å². The van der Waals surface area contributed by atoms with Crippen molar-refractivity contribution in [2.24, 2.45) is 11.1 Å². The van der Waals surface area contributed by atoms with Crippen LogP contribution in [0.2, 0.25) is 0 Å². The van der Waals surface area contributed by atoms with Crippen molar-refractivity contribution in [1.29, 1.82) is 0 Å². The van der Waals surface area contributed by atoms with E-state index in [1.54, 1.807) is 27.0 Å². The van der Waals surface area contributed by atoms with Crippen LogP contribution in [-0.4, -0.2) is 45.6 Å². The van der Waals surface area contributed by atoms with E-state index in [2.05, 4.69) is 15.3 Å². The molecule has 0 fully saturated rings. The van der Waals surface area contributed by atoms with Crippen LogP contribution in [0.1, 0.15) is 32.8 Å². The number of esters is 2. The van der Waals surface area contributed by atoms with Gasteiger partial charge < -0.3 is 24.4 Å². The zero-order valence-electron chi connectivity index (χ0n) is 18.0. The predicted octanol–water partition coefficient (Wildman–Crippen LogP) is 2.94. The molecule has 1 aliphatic heterocycles. The summed E-state index contributed by atoms with van der Waals surface area (Å²) < 4.78 is 15.9. The molecule has 0 bridgehead atoms. The van der Waals surface area contributed by atoms with Crippen LogP contribution in [0.15, 0.2) is 52.0 Å². The average Bonchev–Trinajstić information content (AvgIpc) is 2.72. The summed E-state index contributed by atoms with van der Waals surface area (Å²) in [5.74, 6) is -0.619. The fraction of sp³-hybridized carbons (Fsp3) is 0.409. The Morgan fingerprint density at radius 2 is 1.67 bits per heavy atom. The minimum absolute atomic E-state index is 0.206. The molecule has 0 spiro atoms. The summed E-state index contributed by atoms with van der Waals surface area (Å²) in [7, 11) is 2.80. The number of carbonyl (C=O) groups excluding carboxylic acids is 2. The normalized spacial score (nSPS) is 16.4. The molecule has 0 saturated carbocycles. The van der Waals surface area contributed by atoms with E-state index in [9.17, 15) is 9.59 Å². The Labute approximate surface area is 176 Å². The third-order valence-corrected chi connectivity index (χ3v) is 4.65. The molecule has 1 N–H and O–H groups in total. The summed E-state index contributed by atoms with van der Waals surface area (Å²) in [6.45, 7) is 5.96. The Kier molecular flexibility index (Phi) is 8.46. The van der Waals surface area contributed by atoms with Crippen LogP contribution in [0.5, 0.6) is 5.75 Å². The van der Waals surface area contributed by atoms with E-state index in [-0.39, 0.29) is 6.61 Å². The second kappa shape index (κ2) is 11.0. The van der Waals surface area contributed by atoms with E-state index < -0.39 is 17.9 Å². The number of carbonyl (C=O) groups is 2. The molecule has 1 aliphatic rings. The lowest BCUT2D eigenvalue weighted by Gasteiger charge is -2.27. The molecule has 0 saturated heterocycles. The summed E-state index contributed by atoms with van der Waals surface area (Å²) in [6, 6.07) is 7.38. The first-order valence-electron chi connectivity index (χ1n) is 9.62. The van der Waals surface area contributed by atoms with E-state index in [1.807, 2.05) is 24.3 Å². The van der Waals surface area contributed by atoms with Gasteiger partial charge in [-0.2, -0.15) is 0 Å². The minimum atomic E-state index is -0.460. The standard InChI is InChI=1S/C22H28N2O6/c1-14-19(21(25)27-4)15(2)24-16(3)20(14)22(26)30-12-6-11-29-18-9-7-17(8-10-18)13-23-28-5/h7-10,13-14,24H,6,11-12H2,1-5H3. The fourth-order valence-electron chi connectivity index (χ4n) is 3.23. The quantitative estimate of drug-likeness (QED) is 0.286. The Balaban J connectivity index is 1.82. The van der Waals surface area contributed by atoms with Crippen molar-refractivity contribution in [1.82, 2.24) is 5.32 Å². The first kappa shape index (κ1) is 23.0. The van der Waals surface area contributed by atoms with Gasteiger partial charge in [-0.15, -0.1) is 0 Å². The van der Waals surface area contributed by atoms with Crippen molar-refractivity contribution in [2.45, 2.75) is 27.2 Å². The van der Waals surface area contributed by atoms with E-state index in [4.69, 9.17) is 14.2 Å². The van der Waals surface area contributed by atoms with Gasteiger partial charge in [0.1, 0.15) is 12.9 Å². The Morgan fingerprint density at radius 1 is 1.03 bits per heavy atom. The zero-order valence-corrected chi connectivity index (χ0v) is 18.0. The molecule has 1 aromatic carbocycles. The van der Waals surface area contributed by atoms with Crippen molar-refractivity contribution >= 4 is 18.2 Å². The summed E-state index contributed by atoms with van der Waals surface area (Å²) in [5, 5.41) is 6.76. The highest BCUT2D eigenvalue weighted by Crippen LogP contribution is 2.30. The largest absolute Gasteiger partial charge is 0.493 e. The summed E-state index contributed by atoms with van der Waals surface area (Å²) in [6.07, 6.45) is 2.13. The van der Waals surface area contributed by atoms with Crippen LogP contribution >= 0.6 is 0 Å². The smallest absolute Gasteiger partial charge is 0.336 e. The van der Waals surface area contributed by atoms with E-state index >= 15 is 0 Å². The monoisotopic (exact) mass is 416 g/mol. The molecule has 162 valence electrons. The van der Waals surface area contributed by atoms with Gasteiger partial charge in [0, 0.05) is 23.7 Å². The molecule has 8 nitrogen and oxygen atoms in total. The number of hydrogen-bond acceptors (Lipinski definition) is 8. The number of hydrogen-bond donors (Lipinski definition) is 1. The highest BCUT2D eigenvalue weighted by Gasteiger charge is 2.33. The summed E-state index contributed by atoms with van der Waals surface area (Å²) in [4.78, 5) is 29.3. The molecule has 0 aliphatic carbocycles. The number of dihydropyridines is 1. The molecule has 1 aromatic rings. The van der Waals surface area contributed by atoms with E-state index in [1.165, 1.54) is 14.2 Å². The molecule has 0 amide bonds. The molecule has 0 aromatic heterocycles. The van der Waals surface area contributed by atoms with Gasteiger partial charge in [0.25, 0.3) is 0 Å². The first-order chi connectivity index (χ1) is 14.4. The van der Waals surface area contributed by atoms with Gasteiger partial charge in [0.2, 0.25) is 0 Å². The SMILES string of the molecule is CON=Cc1ccc(OCCCOC(=O)C2=C(C)NC(C)=C(C(=O)OC)C2C)cc1. The second-order valence-electron chi connectivity index (χ2n) is 6.74. The van der Waals surface area contributed by atoms with Gasteiger partial charge in [-0.25, -0.2) is 9.59 Å². The van der Waals surface area contributed by atoms with Crippen molar-refractivity contribution in [2.75, 3.05) is 27.4 Å². The maximum Gasteiger partial charge on any atom is 0.336 e. The number of nitrogens with one attached hydrogen (secondary N) is 1.